The van der Waals surface area contributed by atoms with Crippen LogP contribution in [0, 0.1) is 30.0 Å². The number of likely N-dealkylation sites (tertiary alicyclic amines) is 1. The van der Waals surface area contributed by atoms with Gasteiger partial charge in [0.2, 0.25) is 41.4 Å². The van der Waals surface area contributed by atoms with Crippen molar-refractivity contribution < 1.29 is 57.3 Å². The van der Waals surface area contributed by atoms with E-state index >= 15 is 4.39 Å². The molecular weight excluding hydrogens is 1230 g/mol. The molecule has 0 radical (unpaired) electrons. The van der Waals surface area contributed by atoms with E-state index in [1.807, 2.05) is 52.3 Å². The fourth-order valence-corrected chi connectivity index (χ4v) is 15.1. The minimum absolute atomic E-state index is 0.00408. The molecular formula is C73H89FN10O12. The topological polar surface area (TPSA) is 303 Å². The molecule has 11 rings (SSSR count). The SMILES string of the molecule is CCC1(O)C(=O)OCc2c1cc1n(c2=O)Cc2c-1nc1cc(F)c(C)c3c1c2C(NC(=O)CNC(=O)C(CCCCN)NC(=O)C(NC(=O)CCOCCC(=O)N1CCC2(CCC(C(=O)NCCC(=O)N4Cc5ccccc5/C=C(/C)c5ccccc54)CC2)CC1)C(C)C)CC3. The van der Waals surface area contributed by atoms with Crippen molar-refractivity contribution in [3.05, 3.63) is 127 Å². The number of nitrogens with one attached hydrogen (secondary N) is 5. The number of hydrogen-bond acceptors (Lipinski definition) is 14. The second-order valence-electron chi connectivity index (χ2n) is 27.2. The number of esters is 1. The van der Waals surface area contributed by atoms with Crippen LogP contribution in [0.2, 0.25) is 0 Å². The van der Waals surface area contributed by atoms with Gasteiger partial charge in [-0.15, -0.1) is 0 Å². The summed E-state index contributed by atoms with van der Waals surface area (Å²) in [5, 5.41) is 26.5. The molecule has 7 amide bonds. The molecule has 1 saturated heterocycles. The number of rotatable bonds is 23. The summed E-state index contributed by atoms with van der Waals surface area (Å²) in [4.78, 5) is 131. The summed E-state index contributed by atoms with van der Waals surface area (Å²) in [7, 11) is 0. The number of benzene rings is 3. The van der Waals surface area contributed by atoms with E-state index in [4.69, 9.17) is 20.2 Å². The lowest BCUT2D eigenvalue weighted by Gasteiger charge is -2.45. The number of piperidine rings is 1. The zero-order valence-corrected chi connectivity index (χ0v) is 55.6. The molecule has 4 atom stereocenters. The number of nitrogens with two attached hydrogens (primary N) is 1. The van der Waals surface area contributed by atoms with Gasteiger partial charge in [0, 0.05) is 66.5 Å². The average molecular weight is 1320 g/mol. The van der Waals surface area contributed by atoms with Gasteiger partial charge < -0.3 is 61.3 Å². The maximum Gasteiger partial charge on any atom is 0.343 e. The van der Waals surface area contributed by atoms with Crippen LogP contribution in [0.3, 0.4) is 0 Å². The zero-order chi connectivity index (χ0) is 68.2. The summed E-state index contributed by atoms with van der Waals surface area (Å²) in [5.74, 6) is -4.20. The zero-order valence-electron chi connectivity index (χ0n) is 55.6. The Hall–Kier alpha value is -8.67. The number of aromatic nitrogens is 2. The number of carbonyl (C=O) groups excluding carboxylic acids is 8. The minimum atomic E-state index is -2.06. The number of aryl methyl sites for hydroxylation is 1. The van der Waals surface area contributed by atoms with Crippen molar-refractivity contribution in [3.8, 4) is 11.4 Å². The molecule has 4 unspecified atom stereocenters. The predicted molar refractivity (Wildman–Crippen MR) is 359 cm³/mol. The lowest BCUT2D eigenvalue weighted by molar-refractivity contribution is -0.172. The first kappa shape index (κ1) is 68.7. The number of cyclic esters (lactones) is 1. The Bertz CT molecular complexity index is 3980. The van der Waals surface area contributed by atoms with Gasteiger partial charge in [-0.3, -0.25) is 38.4 Å². The Balaban J connectivity index is 0.611. The molecule has 6 aliphatic rings. The van der Waals surface area contributed by atoms with Crippen LogP contribution in [0.15, 0.2) is 65.5 Å². The van der Waals surface area contributed by atoms with E-state index in [-0.39, 0.29) is 105 Å². The number of fused-ring (bicyclic) bond motifs is 7. The van der Waals surface area contributed by atoms with Gasteiger partial charge in [0.1, 0.15) is 24.5 Å². The number of pyridine rings is 2. The summed E-state index contributed by atoms with van der Waals surface area (Å²) in [6.07, 6.45) is 9.29. The number of unbranched alkanes of at least 4 members (excludes halogenated alkanes) is 1. The van der Waals surface area contributed by atoms with Crippen LogP contribution >= 0.6 is 0 Å². The van der Waals surface area contributed by atoms with Crippen molar-refractivity contribution in [2.45, 2.75) is 174 Å². The van der Waals surface area contributed by atoms with Gasteiger partial charge >= 0.3 is 5.97 Å². The molecule has 5 aromatic rings. The molecule has 22 nitrogen and oxygen atoms in total. The molecule has 3 aromatic carbocycles. The first-order chi connectivity index (χ1) is 46.1. The molecule has 0 bridgehead atoms. The van der Waals surface area contributed by atoms with Crippen molar-refractivity contribution in [1.82, 2.24) is 41.0 Å². The van der Waals surface area contributed by atoms with Crippen LogP contribution in [0.1, 0.15) is 174 Å². The lowest BCUT2D eigenvalue weighted by Crippen LogP contribution is -2.56. The summed E-state index contributed by atoms with van der Waals surface area (Å²) in [6.45, 7) is 10.5. The fraction of sp³-hybridized carbons (Fsp3) is 0.507. The molecule has 2 fully saturated rings. The second-order valence-corrected chi connectivity index (χ2v) is 27.2. The molecule has 8 N–H and O–H groups in total. The van der Waals surface area contributed by atoms with E-state index < -0.39 is 77.2 Å². The first-order valence-electron chi connectivity index (χ1n) is 34.1. The number of nitrogens with zero attached hydrogens (tertiary/aromatic N) is 4. The lowest BCUT2D eigenvalue weighted by atomic mass is 9.65. The Morgan fingerprint density at radius 1 is 0.833 bits per heavy atom. The number of para-hydroxylation sites is 1. The summed E-state index contributed by atoms with van der Waals surface area (Å²) in [6, 6.07) is 16.2. The quantitative estimate of drug-likeness (QED) is 0.0259. The van der Waals surface area contributed by atoms with E-state index in [0.29, 0.717) is 90.8 Å². The largest absolute Gasteiger partial charge is 0.458 e. The van der Waals surface area contributed by atoms with Gasteiger partial charge in [0.05, 0.1) is 73.5 Å². The van der Waals surface area contributed by atoms with Crippen LogP contribution in [-0.2, 0) is 79.5 Å². The number of hydrogen-bond donors (Lipinski definition) is 7. The standard InChI is InChI=1S/C73H89FN10O12/c1-6-73(94)52-36-58-66-50(40-84(58)70(92)51(52)41-96-71(73)93)64-54(19-18-49-44(5)53(74)37-56(79-66)63(49)64)78-60(86)38-77-68(90)55(16-11-12-29-75)80-69(91)65(42(2)3)81-59(85)23-33-95-34-24-61(87)82-31-27-72(28-32-82)25-20-45(21-26-72)67(89)76-30-22-62(88)83-39-47-14-8-7-13-46(47)35-43(4)48-15-9-10-17-57(48)83/h7-10,13-15,17,35-37,42,45,54-55,65,94H,6,11-12,16,18-34,38-41,75H2,1-5H3,(H,76,89)(H,77,90)(H,78,86)(H,80,91)(H,81,85)/b43-35-. The molecule has 510 valence electrons. The number of ether oxygens (including phenoxy) is 2. The third-order valence-corrected chi connectivity index (χ3v) is 20.8. The first-order valence-corrected chi connectivity index (χ1v) is 34.1. The van der Waals surface area contributed by atoms with Crippen molar-refractivity contribution in [2.24, 2.45) is 23.0 Å². The van der Waals surface area contributed by atoms with E-state index in [9.17, 15) is 48.3 Å². The molecule has 23 heteroatoms. The summed E-state index contributed by atoms with van der Waals surface area (Å²) < 4.78 is 28.1. The van der Waals surface area contributed by atoms with Gasteiger partial charge in [-0.2, -0.15) is 0 Å². The summed E-state index contributed by atoms with van der Waals surface area (Å²) in [5.41, 5.74) is 12.1. The Kier molecular flexibility index (Phi) is 21.0. The van der Waals surface area contributed by atoms with Gasteiger partial charge in [0.25, 0.3) is 5.56 Å². The second kappa shape index (κ2) is 29.4. The maximum absolute atomic E-state index is 15.6. The Morgan fingerprint density at radius 2 is 1.57 bits per heavy atom. The van der Waals surface area contributed by atoms with Crippen molar-refractivity contribution in [3.63, 3.8) is 0 Å². The molecule has 2 aromatic heterocycles. The maximum atomic E-state index is 15.6. The van der Waals surface area contributed by atoms with Crippen LogP contribution in [0.5, 0.6) is 0 Å². The normalized spacial score (nSPS) is 19.6. The van der Waals surface area contributed by atoms with Crippen molar-refractivity contribution >= 4 is 75.6 Å². The minimum Gasteiger partial charge on any atom is -0.458 e. The van der Waals surface area contributed by atoms with Crippen LogP contribution < -0.4 is 42.8 Å². The number of aliphatic hydroxyl groups is 1. The van der Waals surface area contributed by atoms with Crippen LogP contribution in [0.4, 0.5) is 10.1 Å². The number of halogens is 1. The predicted octanol–water partition coefficient (Wildman–Crippen LogP) is 6.71. The molecule has 4 aliphatic heterocycles. The number of allylic oxidation sites excluding steroid dienone is 1. The Labute approximate surface area is 558 Å². The Morgan fingerprint density at radius 3 is 2.32 bits per heavy atom. The van der Waals surface area contributed by atoms with Gasteiger partial charge in [-0.05, 0) is 154 Å². The number of carbonyl (C=O) groups is 8. The van der Waals surface area contributed by atoms with Gasteiger partial charge in [-0.25, -0.2) is 14.2 Å². The van der Waals surface area contributed by atoms with E-state index in [0.717, 1.165) is 72.0 Å². The molecule has 1 spiro atoms. The highest BCUT2D eigenvalue weighted by molar-refractivity contribution is 6.00. The number of amides is 7. The summed E-state index contributed by atoms with van der Waals surface area (Å²) >= 11 is 0. The van der Waals surface area contributed by atoms with E-state index in [1.54, 1.807) is 33.8 Å². The highest BCUT2D eigenvalue weighted by Crippen LogP contribution is 2.48. The third-order valence-electron chi connectivity index (χ3n) is 20.8. The highest BCUT2D eigenvalue weighted by Gasteiger charge is 2.47. The van der Waals surface area contributed by atoms with Crippen molar-refractivity contribution in [2.75, 3.05) is 50.8 Å². The van der Waals surface area contributed by atoms with Crippen LogP contribution in [-0.4, -0.2) is 125 Å². The molecule has 96 heavy (non-hydrogen) atoms. The van der Waals surface area contributed by atoms with Crippen LogP contribution in [0.25, 0.3) is 33.9 Å². The molecule has 1 saturated carbocycles. The number of anilines is 1. The van der Waals surface area contributed by atoms with E-state index in [2.05, 4.69) is 45.7 Å². The molecule has 6 heterocycles. The van der Waals surface area contributed by atoms with Gasteiger partial charge in [-0.1, -0.05) is 69.3 Å². The smallest absolute Gasteiger partial charge is 0.343 e. The fourth-order valence-electron chi connectivity index (χ4n) is 15.1. The average Bonchev–Trinajstić information content (AvgIpc) is 1.49. The highest BCUT2D eigenvalue weighted by atomic mass is 19.1. The van der Waals surface area contributed by atoms with Crippen molar-refractivity contribution in [1.29, 1.82) is 0 Å². The third kappa shape index (κ3) is 14.3. The van der Waals surface area contributed by atoms with E-state index in [1.165, 1.54) is 10.6 Å². The van der Waals surface area contributed by atoms with Gasteiger partial charge in [0.15, 0.2) is 5.60 Å². The molecule has 2 aliphatic carbocycles. The monoisotopic (exact) mass is 1320 g/mol.